The molecule has 0 spiro atoms. The third-order valence-corrected chi connectivity index (χ3v) is 6.33. The summed E-state index contributed by atoms with van der Waals surface area (Å²) in [7, 11) is 0. The minimum absolute atomic E-state index is 0.104. The molecule has 6 heteroatoms. The Labute approximate surface area is 160 Å². The Balaban J connectivity index is 1.71. The Morgan fingerprint density at radius 3 is 2.59 bits per heavy atom. The van der Waals surface area contributed by atoms with Crippen molar-refractivity contribution < 1.29 is 14.4 Å². The van der Waals surface area contributed by atoms with Crippen LogP contribution in [-0.2, 0) is 15.1 Å². The average molecular weight is 371 g/mol. The fraction of sp³-hybridized carbons (Fsp3) is 0.571. The molecule has 1 saturated carbocycles. The zero-order valence-electron chi connectivity index (χ0n) is 16.3. The molecule has 0 bridgehead atoms. The zero-order chi connectivity index (χ0) is 19.6. The van der Waals surface area contributed by atoms with Crippen molar-refractivity contribution in [2.45, 2.75) is 58.0 Å². The van der Waals surface area contributed by atoms with Crippen molar-refractivity contribution in [1.82, 2.24) is 15.5 Å². The van der Waals surface area contributed by atoms with Crippen molar-refractivity contribution in [3.63, 3.8) is 0 Å². The average Bonchev–Trinajstić information content (AvgIpc) is 2.91. The van der Waals surface area contributed by atoms with Gasteiger partial charge in [0.1, 0.15) is 12.1 Å². The molecule has 2 N–H and O–H groups in total. The second-order valence-electron chi connectivity index (χ2n) is 7.89. The highest BCUT2D eigenvalue weighted by molar-refractivity contribution is 6.09. The molecule has 4 atom stereocenters. The van der Waals surface area contributed by atoms with Gasteiger partial charge >= 0.3 is 6.03 Å². The van der Waals surface area contributed by atoms with Gasteiger partial charge in [0.25, 0.3) is 5.91 Å². The van der Waals surface area contributed by atoms with E-state index in [1.165, 1.54) is 6.42 Å². The lowest BCUT2D eigenvalue weighted by molar-refractivity contribution is -0.135. The molecule has 6 nitrogen and oxygen atoms in total. The number of rotatable bonds is 5. The van der Waals surface area contributed by atoms with Gasteiger partial charge in [-0.2, -0.15) is 0 Å². The molecule has 0 aromatic heterocycles. The van der Waals surface area contributed by atoms with Gasteiger partial charge in [0.15, 0.2) is 0 Å². The van der Waals surface area contributed by atoms with Crippen molar-refractivity contribution >= 4 is 17.8 Å². The summed E-state index contributed by atoms with van der Waals surface area (Å²) in [6.07, 6.45) is 3.64. The summed E-state index contributed by atoms with van der Waals surface area (Å²) in [5.74, 6) is 0.322. The number of carbonyl (C=O) groups excluding carboxylic acids is 3. The Hall–Kier alpha value is -2.37. The molecule has 0 unspecified atom stereocenters. The number of amides is 4. The highest BCUT2D eigenvalue weighted by Crippen LogP contribution is 2.32. The Morgan fingerprint density at radius 1 is 1.22 bits per heavy atom. The van der Waals surface area contributed by atoms with Crippen molar-refractivity contribution in [3.05, 3.63) is 35.9 Å². The predicted octanol–water partition coefficient (Wildman–Crippen LogP) is 2.78. The summed E-state index contributed by atoms with van der Waals surface area (Å²) in [4.78, 5) is 39.2. The molecule has 1 aliphatic carbocycles. The van der Waals surface area contributed by atoms with Gasteiger partial charge in [0.2, 0.25) is 5.91 Å². The zero-order valence-corrected chi connectivity index (χ0v) is 16.3. The Morgan fingerprint density at radius 2 is 1.93 bits per heavy atom. The van der Waals surface area contributed by atoms with Crippen LogP contribution in [0.1, 0.15) is 52.0 Å². The molecular formula is C21H29N3O3. The van der Waals surface area contributed by atoms with Crippen LogP contribution in [-0.4, -0.2) is 35.3 Å². The lowest BCUT2D eigenvalue weighted by Gasteiger charge is -2.34. The fourth-order valence-corrected chi connectivity index (χ4v) is 4.31. The summed E-state index contributed by atoms with van der Waals surface area (Å²) in [5, 5.41) is 5.85. The van der Waals surface area contributed by atoms with Crippen LogP contribution in [0, 0.1) is 11.8 Å². The number of benzene rings is 1. The molecule has 1 saturated heterocycles. The Bertz CT molecular complexity index is 721. The van der Waals surface area contributed by atoms with Crippen molar-refractivity contribution in [2.24, 2.45) is 11.8 Å². The van der Waals surface area contributed by atoms with E-state index in [2.05, 4.69) is 24.5 Å². The van der Waals surface area contributed by atoms with E-state index in [0.717, 1.165) is 23.3 Å². The first-order valence-electron chi connectivity index (χ1n) is 9.88. The highest BCUT2D eigenvalue weighted by Gasteiger charge is 2.51. The van der Waals surface area contributed by atoms with Gasteiger partial charge in [-0.25, -0.2) is 4.79 Å². The third-order valence-electron chi connectivity index (χ3n) is 6.33. The normalized spacial score (nSPS) is 30.9. The van der Waals surface area contributed by atoms with Gasteiger partial charge in [-0.3, -0.25) is 14.5 Å². The van der Waals surface area contributed by atoms with Crippen molar-refractivity contribution in [2.75, 3.05) is 6.54 Å². The van der Waals surface area contributed by atoms with Crippen LogP contribution >= 0.6 is 0 Å². The van der Waals surface area contributed by atoms with Crippen LogP contribution in [0.4, 0.5) is 4.79 Å². The van der Waals surface area contributed by atoms with Crippen LogP contribution in [0.5, 0.6) is 0 Å². The number of nitrogens with zero attached hydrogens (tertiary/aromatic N) is 1. The van der Waals surface area contributed by atoms with Gasteiger partial charge in [-0.1, -0.05) is 63.9 Å². The Kier molecular flexibility index (Phi) is 5.53. The minimum atomic E-state index is -1.09. The number of nitrogens with one attached hydrogen (secondary N) is 2. The second kappa shape index (κ2) is 7.71. The molecule has 2 fully saturated rings. The van der Waals surface area contributed by atoms with E-state index in [0.29, 0.717) is 18.3 Å². The quantitative estimate of drug-likeness (QED) is 0.781. The molecule has 1 aromatic carbocycles. The molecule has 146 valence electrons. The number of hydrogen-bond acceptors (Lipinski definition) is 3. The van der Waals surface area contributed by atoms with Gasteiger partial charge in [-0.05, 0) is 30.2 Å². The maximum absolute atomic E-state index is 13.1. The second-order valence-corrected chi connectivity index (χ2v) is 7.89. The molecule has 1 heterocycles. The maximum atomic E-state index is 13.1. The van der Waals surface area contributed by atoms with E-state index >= 15 is 0 Å². The smallest absolute Gasteiger partial charge is 0.325 e. The summed E-state index contributed by atoms with van der Waals surface area (Å²) in [6.45, 7) is 5.98. The molecule has 3 rings (SSSR count). The molecule has 4 amide bonds. The van der Waals surface area contributed by atoms with E-state index in [4.69, 9.17) is 0 Å². The number of carbonyl (C=O) groups is 3. The van der Waals surface area contributed by atoms with Crippen LogP contribution in [0.2, 0.25) is 0 Å². The van der Waals surface area contributed by atoms with Crippen LogP contribution in [0.3, 0.4) is 0 Å². The molecule has 1 aliphatic heterocycles. The first-order valence-corrected chi connectivity index (χ1v) is 9.88. The molecule has 1 aromatic rings. The fourth-order valence-electron chi connectivity index (χ4n) is 4.31. The van der Waals surface area contributed by atoms with E-state index in [-0.39, 0.29) is 24.4 Å². The van der Waals surface area contributed by atoms with Crippen LogP contribution in [0.15, 0.2) is 30.3 Å². The van der Waals surface area contributed by atoms with Crippen LogP contribution in [0.25, 0.3) is 0 Å². The highest BCUT2D eigenvalue weighted by atomic mass is 16.2. The SMILES string of the molecule is CC[C@@]1(c2ccccc2)NC(=O)N(CC(=O)N[C@H]2CCC[C@H](C)[C@@H]2C)C1=O. The van der Waals surface area contributed by atoms with Crippen LogP contribution < -0.4 is 10.6 Å². The molecule has 27 heavy (non-hydrogen) atoms. The lowest BCUT2D eigenvalue weighted by atomic mass is 9.78. The topological polar surface area (TPSA) is 78.5 Å². The lowest BCUT2D eigenvalue weighted by Crippen LogP contribution is -2.49. The van der Waals surface area contributed by atoms with Gasteiger partial charge in [0.05, 0.1) is 0 Å². The number of hydrogen-bond donors (Lipinski definition) is 2. The van der Waals surface area contributed by atoms with E-state index in [1.807, 2.05) is 37.3 Å². The summed E-state index contributed by atoms with van der Waals surface area (Å²) in [5.41, 5.74) is -0.353. The monoisotopic (exact) mass is 371 g/mol. The van der Waals surface area contributed by atoms with Crippen molar-refractivity contribution in [1.29, 1.82) is 0 Å². The first kappa shape index (κ1) is 19.4. The number of urea groups is 1. The minimum Gasteiger partial charge on any atom is -0.352 e. The summed E-state index contributed by atoms with van der Waals surface area (Å²) < 4.78 is 0. The van der Waals surface area contributed by atoms with Crippen molar-refractivity contribution in [3.8, 4) is 0 Å². The summed E-state index contributed by atoms with van der Waals surface area (Å²) >= 11 is 0. The van der Waals surface area contributed by atoms with Gasteiger partial charge < -0.3 is 10.6 Å². The van der Waals surface area contributed by atoms with E-state index < -0.39 is 11.6 Å². The maximum Gasteiger partial charge on any atom is 0.325 e. The van der Waals surface area contributed by atoms with Gasteiger partial charge in [-0.15, -0.1) is 0 Å². The molecular weight excluding hydrogens is 342 g/mol. The first-order chi connectivity index (χ1) is 12.9. The van der Waals surface area contributed by atoms with Gasteiger partial charge in [0, 0.05) is 6.04 Å². The molecule has 2 aliphatic rings. The largest absolute Gasteiger partial charge is 0.352 e. The number of imide groups is 1. The van der Waals surface area contributed by atoms with E-state index in [1.54, 1.807) is 0 Å². The molecule has 0 radical (unpaired) electrons. The third kappa shape index (κ3) is 3.57. The van der Waals surface area contributed by atoms with E-state index in [9.17, 15) is 14.4 Å². The summed E-state index contributed by atoms with van der Waals surface area (Å²) in [6, 6.07) is 8.80. The standard InChI is InChI=1S/C21H29N3O3/c1-4-21(16-10-6-5-7-11-16)19(26)24(20(27)23-21)13-18(25)22-17-12-8-9-14(2)15(17)3/h5-7,10-11,14-15,17H,4,8-9,12-13H2,1-3H3,(H,22,25)(H,23,27)/t14-,15-,17-,21-/m0/s1. The predicted molar refractivity (Wildman–Crippen MR) is 103 cm³/mol.